The molecule has 3 aromatic heterocycles. The molecule has 2 bridgehead atoms. The zero-order valence-electron chi connectivity index (χ0n) is 21.9. The Morgan fingerprint density at radius 1 is 1.05 bits per heavy atom. The molecule has 0 radical (unpaired) electrons. The van der Waals surface area contributed by atoms with Gasteiger partial charge in [-0.1, -0.05) is 6.07 Å². The van der Waals surface area contributed by atoms with Gasteiger partial charge in [0.05, 0.1) is 25.5 Å². The first-order valence-corrected chi connectivity index (χ1v) is 12.8. The Balaban J connectivity index is 1.34. The molecule has 0 aliphatic carbocycles. The first-order valence-electron chi connectivity index (χ1n) is 12.8. The Bertz CT molecular complexity index is 1510. The van der Waals surface area contributed by atoms with E-state index in [4.69, 9.17) is 9.47 Å². The summed E-state index contributed by atoms with van der Waals surface area (Å²) in [7, 11) is 3.67. The molecule has 5 heterocycles. The van der Waals surface area contributed by atoms with Crippen LogP contribution in [-0.2, 0) is 6.54 Å². The molecule has 10 heteroatoms. The number of pyridine rings is 1. The highest BCUT2D eigenvalue weighted by molar-refractivity contribution is 5.79. The molecule has 0 spiro atoms. The number of nitrogens with zero attached hydrogens (tertiary/aromatic N) is 6. The number of piperidine rings is 1. The molecule has 3 atom stereocenters. The monoisotopic (exact) mass is 520 g/mol. The standard InChI is InChI=1S/C28H30F2N6O2/c1-16-24-26(34-27(32-16)37-4)36(25(33-24)18-9-19(29)14-31-13-18)15-17-5-8-22(10-23(17)30)38-28(2)11-20-6-7-21(12-28)35(20)3/h5,8-10,13-14,20-21H,6-7,11-12,15H2,1-4H3/t20-,21+,28-. The third-order valence-corrected chi connectivity index (χ3v) is 7.93. The van der Waals surface area contributed by atoms with E-state index in [1.54, 1.807) is 17.6 Å². The van der Waals surface area contributed by atoms with E-state index >= 15 is 4.39 Å². The molecular weight excluding hydrogens is 490 g/mol. The second kappa shape index (κ2) is 9.27. The van der Waals surface area contributed by atoms with Crippen molar-refractivity contribution in [1.82, 2.24) is 29.4 Å². The van der Waals surface area contributed by atoms with Crippen molar-refractivity contribution in [2.24, 2.45) is 0 Å². The van der Waals surface area contributed by atoms with Gasteiger partial charge in [-0.2, -0.15) is 9.97 Å². The van der Waals surface area contributed by atoms with E-state index in [0.717, 1.165) is 19.0 Å². The summed E-state index contributed by atoms with van der Waals surface area (Å²) in [5.41, 5.74) is 2.13. The number of ether oxygens (including phenoxy) is 2. The van der Waals surface area contributed by atoms with Crippen molar-refractivity contribution >= 4 is 11.2 Å². The van der Waals surface area contributed by atoms with Gasteiger partial charge < -0.3 is 18.9 Å². The van der Waals surface area contributed by atoms with Crippen LogP contribution in [0.1, 0.15) is 43.9 Å². The summed E-state index contributed by atoms with van der Waals surface area (Å²) in [4.78, 5) is 19.9. The zero-order chi connectivity index (χ0) is 26.6. The first kappa shape index (κ1) is 24.7. The van der Waals surface area contributed by atoms with Crippen LogP contribution >= 0.6 is 0 Å². The summed E-state index contributed by atoms with van der Waals surface area (Å²) in [6, 6.07) is 7.52. The Labute approximate surface area is 219 Å². The summed E-state index contributed by atoms with van der Waals surface area (Å²) in [6.07, 6.45) is 6.86. The van der Waals surface area contributed by atoms with Crippen molar-refractivity contribution in [3.8, 4) is 23.1 Å². The van der Waals surface area contributed by atoms with E-state index in [9.17, 15) is 4.39 Å². The molecule has 2 aliphatic heterocycles. The second-order valence-corrected chi connectivity index (χ2v) is 10.6. The van der Waals surface area contributed by atoms with Crippen molar-refractivity contribution in [1.29, 1.82) is 0 Å². The van der Waals surface area contributed by atoms with Crippen LogP contribution in [0.15, 0.2) is 36.7 Å². The second-order valence-electron chi connectivity index (χ2n) is 10.6. The highest BCUT2D eigenvalue weighted by atomic mass is 19.1. The van der Waals surface area contributed by atoms with Gasteiger partial charge in [-0.15, -0.1) is 0 Å². The molecule has 0 amide bonds. The molecule has 2 aliphatic rings. The number of hydrogen-bond donors (Lipinski definition) is 0. The number of rotatable bonds is 6. The van der Waals surface area contributed by atoms with E-state index in [1.807, 2.05) is 6.07 Å². The van der Waals surface area contributed by atoms with Crippen molar-refractivity contribution in [2.45, 2.75) is 63.8 Å². The minimum Gasteiger partial charge on any atom is -0.487 e. The normalized spacial score (nSPS) is 23.2. The highest BCUT2D eigenvalue weighted by Crippen LogP contribution is 2.42. The minimum absolute atomic E-state index is 0.111. The summed E-state index contributed by atoms with van der Waals surface area (Å²) in [5.74, 6) is 0.0317. The third kappa shape index (κ3) is 4.36. The smallest absolute Gasteiger partial charge is 0.318 e. The number of hydrogen-bond acceptors (Lipinski definition) is 7. The van der Waals surface area contributed by atoms with Crippen LogP contribution in [0.25, 0.3) is 22.6 Å². The lowest BCUT2D eigenvalue weighted by molar-refractivity contribution is -0.0100. The third-order valence-electron chi connectivity index (χ3n) is 7.93. The number of aromatic nitrogens is 5. The maximum atomic E-state index is 15.5. The van der Waals surface area contributed by atoms with Crippen LogP contribution in [0.3, 0.4) is 0 Å². The van der Waals surface area contributed by atoms with Gasteiger partial charge >= 0.3 is 6.01 Å². The predicted octanol–water partition coefficient (Wildman–Crippen LogP) is 4.93. The lowest BCUT2D eigenvalue weighted by Gasteiger charge is -2.43. The molecule has 0 unspecified atom stereocenters. The fraction of sp³-hybridized carbons (Fsp3) is 0.429. The van der Waals surface area contributed by atoms with E-state index < -0.39 is 11.6 Å². The zero-order valence-corrected chi connectivity index (χ0v) is 21.9. The number of benzene rings is 1. The Morgan fingerprint density at radius 3 is 2.50 bits per heavy atom. The maximum absolute atomic E-state index is 15.5. The van der Waals surface area contributed by atoms with Crippen LogP contribution in [0.5, 0.6) is 11.8 Å². The summed E-state index contributed by atoms with van der Waals surface area (Å²) >= 11 is 0. The van der Waals surface area contributed by atoms with Crippen LogP contribution in [0, 0.1) is 18.6 Å². The Morgan fingerprint density at radius 2 is 1.82 bits per heavy atom. The van der Waals surface area contributed by atoms with Crippen molar-refractivity contribution < 1.29 is 18.3 Å². The number of methoxy groups -OCH3 is 1. The lowest BCUT2D eigenvalue weighted by Crippen LogP contribution is -2.50. The molecule has 8 nitrogen and oxygen atoms in total. The Hall–Kier alpha value is -3.66. The molecule has 0 N–H and O–H groups in total. The van der Waals surface area contributed by atoms with E-state index in [1.165, 1.54) is 38.3 Å². The predicted molar refractivity (Wildman–Crippen MR) is 138 cm³/mol. The topological polar surface area (TPSA) is 78.2 Å². The first-order chi connectivity index (χ1) is 18.2. The number of fused-ring (bicyclic) bond motifs is 3. The van der Waals surface area contributed by atoms with Crippen LogP contribution in [0.4, 0.5) is 8.78 Å². The Kier molecular flexibility index (Phi) is 6.02. The van der Waals surface area contributed by atoms with Gasteiger partial charge in [-0.25, -0.2) is 13.8 Å². The summed E-state index contributed by atoms with van der Waals surface area (Å²) < 4.78 is 43.0. The van der Waals surface area contributed by atoms with Crippen LogP contribution in [0.2, 0.25) is 0 Å². The van der Waals surface area contributed by atoms with E-state index in [-0.39, 0.29) is 18.2 Å². The van der Waals surface area contributed by atoms with Gasteiger partial charge in [0.15, 0.2) is 5.65 Å². The van der Waals surface area contributed by atoms with Gasteiger partial charge in [0.2, 0.25) is 0 Å². The molecule has 6 rings (SSSR count). The minimum atomic E-state index is -0.495. The van der Waals surface area contributed by atoms with Gasteiger partial charge in [-0.3, -0.25) is 4.98 Å². The summed E-state index contributed by atoms with van der Waals surface area (Å²) in [5, 5.41) is 0. The SMILES string of the molecule is COc1nc(C)c2nc(-c3cncc(F)c3)n(Cc3ccc(O[C@]4(C)C[C@H]5CC[C@@H](C4)N5C)cc3F)c2n1. The number of aryl methyl sites for hydroxylation is 1. The van der Waals surface area contributed by atoms with Crippen LogP contribution in [-0.4, -0.2) is 61.2 Å². The van der Waals surface area contributed by atoms with Gasteiger partial charge in [0.1, 0.15) is 34.3 Å². The van der Waals surface area contributed by atoms with Crippen molar-refractivity contribution in [3.63, 3.8) is 0 Å². The molecule has 38 heavy (non-hydrogen) atoms. The molecule has 198 valence electrons. The van der Waals surface area contributed by atoms with Crippen molar-refractivity contribution in [2.75, 3.05) is 14.2 Å². The fourth-order valence-electron chi connectivity index (χ4n) is 6.03. The van der Waals surface area contributed by atoms with Gasteiger partial charge in [-0.05, 0) is 45.9 Å². The van der Waals surface area contributed by atoms with E-state index in [0.29, 0.717) is 51.6 Å². The molecule has 4 aromatic rings. The average Bonchev–Trinajstić information content (AvgIpc) is 3.34. The summed E-state index contributed by atoms with van der Waals surface area (Å²) in [6.45, 7) is 4.03. The largest absolute Gasteiger partial charge is 0.487 e. The number of halogens is 2. The maximum Gasteiger partial charge on any atom is 0.318 e. The van der Waals surface area contributed by atoms with Crippen molar-refractivity contribution in [3.05, 3.63) is 59.6 Å². The van der Waals surface area contributed by atoms with Gasteiger partial charge in [0, 0.05) is 48.3 Å². The molecular formula is C28H30F2N6O2. The van der Waals surface area contributed by atoms with Crippen LogP contribution < -0.4 is 9.47 Å². The quantitative estimate of drug-likeness (QED) is 0.357. The molecule has 1 aromatic carbocycles. The molecule has 0 saturated carbocycles. The lowest BCUT2D eigenvalue weighted by atomic mass is 9.88. The number of imidazole rings is 1. The highest BCUT2D eigenvalue weighted by Gasteiger charge is 2.45. The van der Waals surface area contributed by atoms with Gasteiger partial charge in [0.25, 0.3) is 0 Å². The molecule has 2 saturated heterocycles. The fourth-order valence-corrected chi connectivity index (χ4v) is 6.03. The molecule has 2 fully saturated rings. The van der Waals surface area contributed by atoms with E-state index in [2.05, 4.69) is 38.8 Å². The average molecular weight is 521 g/mol.